The summed E-state index contributed by atoms with van der Waals surface area (Å²) in [7, 11) is 2.18. The van der Waals surface area contributed by atoms with Crippen molar-refractivity contribution in [1.29, 1.82) is 0 Å². The molecular formula is C21H38N2O. The lowest BCUT2D eigenvalue weighted by molar-refractivity contribution is -0.131. The minimum absolute atomic E-state index is 0.264. The molecule has 3 rings (SSSR count). The largest absolute Gasteiger partial charge is 0.304 e. The Kier molecular flexibility index (Phi) is 5.15. The van der Waals surface area contributed by atoms with Crippen molar-refractivity contribution in [3.05, 3.63) is 0 Å². The third-order valence-electron chi connectivity index (χ3n) is 8.01. The van der Waals surface area contributed by atoms with Gasteiger partial charge in [0, 0.05) is 32.1 Å². The summed E-state index contributed by atoms with van der Waals surface area (Å²) in [6, 6.07) is 0. The molecule has 0 N–H and O–H groups in total. The molecule has 0 radical (unpaired) electrons. The van der Waals surface area contributed by atoms with Crippen LogP contribution in [0.1, 0.15) is 59.8 Å². The summed E-state index contributed by atoms with van der Waals surface area (Å²) in [6.45, 7) is 14.7. The molecule has 3 aliphatic rings. The van der Waals surface area contributed by atoms with E-state index in [9.17, 15) is 4.79 Å². The van der Waals surface area contributed by atoms with E-state index >= 15 is 0 Å². The average molecular weight is 335 g/mol. The Hall–Kier alpha value is -0.410. The fourth-order valence-corrected chi connectivity index (χ4v) is 6.31. The van der Waals surface area contributed by atoms with E-state index in [1.165, 1.54) is 25.7 Å². The van der Waals surface area contributed by atoms with Gasteiger partial charge in [0.15, 0.2) is 0 Å². The van der Waals surface area contributed by atoms with Crippen molar-refractivity contribution in [2.24, 2.45) is 28.6 Å². The fraction of sp³-hybridized carbons (Fsp3) is 0.952. The summed E-state index contributed by atoms with van der Waals surface area (Å²) in [5.41, 5.74) is 0.716. The van der Waals surface area contributed by atoms with Crippen LogP contribution in [0.4, 0.5) is 0 Å². The average Bonchev–Trinajstić information content (AvgIpc) is 2.87. The number of fused-ring (bicyclic) bond motifs is 1. The van der Waals surface area contributed by atoms with Gasteiger partial charge in [-0.15, -0.1) is 0 Å². The van der Waals surface area contributed by atoms with E-state index < -0.39 is 0 Å². The maximum Gasteiger partial charge on any atom is 0.150 e. The Bertz CT molecular complexity index is 466. The van der Waals surface area contributed by atoms with Crippen molar-refractivity contribution < 1.29 is 4.79 Å². The van der Waals surface area contributed by atoms with Gasteiger partial charge in [0.2, 0.25) is 0 Å². The quantitative estimate of drug-likeness (QED) is 0.783. The minimum atomic E-state index is 0.264. The van der Waals surface area contributed by atoms with E-state index in [0.717, 1.165) is 44.4 Å². The van der Waals surface area contributed by atoms with Crippen LogP contribution < -0.4 is 0 Å². The first-order chi connectivity index (χ1) is 11.3. The number of ketones is 1. The normalized spacial score (nSPS) is 40.5. The number of Topliss-reactive ketones (excluding diaryl/α,β-unsaturated/α-hetero) is 1. The summed E-state index contributed by atoms with van der Waals surface area (Å²) in [5, 5.41) is 0. The first-order valence-corrected chi connectivity index (χ1v) is 10.2. The number of likely N-dealkylation sites (N-methyl/N-ethyl adjacent to an activating group) is 1. The highest BCUT2D eigenvalue weighted by molar-refractivity contribution is 5.84. The third-order valence-corrected chi connectivity index (χ3v) is 8.01. The molecule has 4 unspecified atom stereocenters. The first kappa shape index (κ1) is 18.4. The minimum Gasteiger partial charge on any atom is -0.304 e. The molecule has 24 heavy (non-hydrogen) atoms. The highest BCUT2D eigenvalue weighted by atomic mass is 16.1. The monoisotopic (exact) mass is 334 g/mol. The molecule has 0 aromatic rings. The van der Waals surface area contributed by atoms with Gasteiger partial charge < -0.3 is 4.90 Å². The lowest BCUT2D eigenvalue weighted by Crippen LogP contribution is -2.50. The Balaban J connectivity index is 1.68. The second kappa shape index (κ2) is 6.72. The summed E-state index contributed by atoms with van der Waals surface area (Å²) >= 11 is 0. The summed E-state index contributed by atoms with van der Waals surface area (Å²) < 4.78 is 0. The molecule has 4 atom stereocenters. The van der Waals surface area contributed by atoms with Gasteiger partial charge in [0.25, 0.3) is 0 Å². The predicted octanol–water partition coefficient (Wildman–Crippen LogP) is 3.68. The van der Waals surface area contributed by atoms with Crippen LogP contribution >= 0.6 is 0 Å². The van der Waals surface area contributed by atoms with Crippen LogP contribution in [-0.4, -0.2) is 55.4 Å². The first-order valence-electron chi connectivity index (χ1n) is 10.2. The molecule has 3 heteroatoms. The highest BCUT2D eigenvalue weighted by Gasteiger charge is 2.56. The molecule has 1 saturated heterocycles. The zero-order chi connectivity index (χ0) is 17.5. The topological polar surface area (TPSA) is 23.6 Å². The van der Waals surface area contributed by atoms with E-state index in [1.807, 2.05) is 0 Å². The van der Waals surface area contributed by atoms with E-state index in [1.54, 1.807) is 0 Å². The van der Waals surface area contributed by atoms with Gasteiger partial charge in [0.1, 0.15) is 5.78 Å². The van der Waals surface area contributed by atoms with Gasteiger partial charge in [0.05, 0.1) is 6.54 Å². The SMILES string of the molecule is CCC1C2CCC(C(=O)CN3CCN(C)CC3)C2(C)CCC1(C)C. The molecule has 0 spiro atoms. The van der Waals surface area contributed by atoms with Crippen LogP contribution in [0.15, 0.2) is 0 Å². The lowest BCUT2D eigenvalue weighted by atomic mass is 9.52. The Labute approximate surface area is 149 Å². The number of nitrogens with zero attached hydrogens (tertiary/aromatic N) is 2. The summed E-state index contributed by atoms with van der Waals surface area (Å²) in [6.07, 6.45) is 6.22. The number of hydrogen-bond donors (Lipinski definition) is 0. The molecular weight excluding hydrogens is 296 g/mol. The molecule has 3 nitrogen and oxygen atoms in total. The van der Waals surface area contributed by atoms with Gasteiger partial charge >= 0.3 is 0 Å². The Morgan fingerprint density at radius 2 is 1.71 bits per heavy atom. The van der Waals surface area contributed by atoms with E-state index in [4.69, 9.17) is 0 Å². The maximum absolute atomic E-state index is 13.2. The van der Waals surface area contributed by atoms with Crippen molar-refractivity contribution in [3.63, 3.8) is 0 Å². The number of piperazine rings is 1. The number of carbonyl (C=O) groups excluding carboxylic acids is 1. The van der Waals surface area contributed by atoms with Crippen molar-refractivity contribution in [2.45, 2.75) is 59.8 Å². The summed E-state index contributed by atoms with van der Waals surface area (Å²) in [4.78, 5) is 17.9. The van der Waals surface area contributed by atoms with Crippen molar-refractivity contribution in [2.75, 3.05) is 39.8 Å². The maximum atomic E-state index is 13.2. The second-order valence-electron chi connectivity index (χ2n) is 9.79. The molecule has 0 aromatic carbocycles. The Morgan fingerprint density at radius 1 is 1.04 bits per heavy atom. The van der Waals surface area contributed by atoms with Crippen LogP contribution in [0, 0.1) is 28.6 Å². The fourth-order valence-electron chi connectivity index (χ4n) is 6.31. The molecule has 1 heterocycles. The van der Waals surface area contributed by atoms with Crippen LogP contribution in [0.5, 0.6) is 0 Å². The molecule has 138 valence electrons. The van der Waals surface area contributed by atoms with Crippen molar-refractivity contribution in [1.82, 2.24) is 9.80 Å². The van der Waals surface area contributed by atoms with Gasteiger partial charge in [-0.3, -0.25) is 9.69 Å². The number of rotatable bonds is 4. The van der Waals surface area contributed by atoms with Crippen LogP contribution in [0.25, 0.3) is 0 Å². The molecule has 2 aliphatic carbocycles. The molecule has 3 fully saturated rings. The molecule has 0 aromatic heterocycles. The van der Waals surface area contributed by atoms with Crippen molar-refractivity contribution in [3.8, 4) is 0 Å². The van der Waals surface area contributed by atoms with Crippen molar-refractivity contribution >= 4 is 5.78 Å². The van der Waals surface area contributed by atoms with Gasteiger partial charge in [-0.25, -0.2) is 0 Å². The van der Waals surface area contributed by atoms with E-state index in [0.29, 0.717) is 23.7 Å². The molecule has 0 bridgehead atoms. The van der Waals surface area contributed by atoms with Crippen LogP contribution in [0.2, 0.25) is 0 Å². The third kappa shape index (κ3) is 3.19. The smallest absolute Gasteiger partial charge is 0.150 e. The predicted molar refractivity (Wildman–Crippen MR) is 100 cm³/mol. The summed E-state index contributed by atoms with van der Waals surface area (Å²) in [5.74, 6) is 2.40. The van der Waals surface area contributed by atoms with Gasteiger partial charge in [-0.1, -0.05) is 34.1 Å². The second-order valence-corrected chi connectivity index (χ2v) is 9.79. The Morgan fingerprint density at radius 3 is 2.33 bits per heavy atom. The molecule has 1 aliphatic heterocycles. The van der Waals surface area contributed by atoms with E-state index in [2.05, 4.69) is 44.5 Å². The zero-order valence-corrected chi connectivity index (χ0v) is 16.6. The number of carbonyl (C=O) groups is 1. The lowest BCUT2D eigenvalue weighted by Gasteiger charge is -2.52. The molecule has 2 saturated carbocycles. The highest BCUT2D eigenvalue weighted by Crippen LogP contribution is 2.62. The van der Waals surface area contributed by atoms with Gasteiger partial charge in [-0.2, -0.15) is 0 Å². The van der Waals surface area contributed by atoms with Gasteiger partial charge in [-0.05, 0) is 55.4 Å². The molecule has 0 amide bonds. The van der Waals surface area contributed by atoms with Crippen LogP contribution in [0.3, 0.4) is 0 Å². The standard InChI is InChI=1S/C21H38N2O/c1-6-16-17-7-8-18(21(17,4)10-9-20(16,2)3)19(24)15-23-13-11-22(5)12-14-23/h16-18H,6-15H2,1-5H3. The van der Waals surface area contributed by atoms with E-state index in [-0.39, 0.29) is 5.41 Å². The zero-order valence-electron chi connectivity index (χ0n) is 16.6. The number of hydrogen-bond acceptors (Lipinski definition) is 3. The van der Waals surface area contributed by atoms with Crippen LogP contribution in [-0.2, 0) is 4.79 Å².